The van der Waals surface area contributed by atoms with Gasteiger partial charge in [0.25, 0.3) is 0 Å². The molecule has 0 aromatic carbocycles. The smallest absolute Gasteiger partial charge is 0.368 e. The summed E-state index contributed by atoms with van der Waals surface area (Å²) in [6.45, 7) is 4.99. The molecule has 1 rings (SSSR count). The van der Waals surface area contributed by atoms with Gasteiger partial charge in [0.1, 0.15) is 5.82 Å². The maximum Gasteiger partial charge on any atom is 0.433 e. The molecule has 1 aromatic heterocycles. The fourth-order valence-electron chi connectivity index (χ4n) is 1.46. The number of hydrogen-bond donors (Lipinski definition) is 1. The van der Waals surface area contributed by atoms with E-state index in [1.54, 1.807) is 4.90 Å². The highest BCUT2D eigenvalue weighted by molar-refractivity contribution is 5.43. The molecule has 0 saturated carbocycles. The Balaban J connectivity index is 3.12. The SMILES string of the molecule is CCCN(CC)c1cc(C(F)(F)F)nc(N)n1. The zero-order valence-electron chi connectivity index (χ0n) is 9.75. The number of nitrogen functional groups attached to an aromatic ring is 1. The standard InChI is InChI=1S/C10H15F3N4/c1-3-5-17(4-2)8-6-7(10(11,12)13)15-9(14)16-8/h6H,3-5H2,1-2H3,(H2,14,15,16). The summed E-state index contributed by atoms with van der Waals surface area (Å²) < 4.78 is 37.6. The largest absolute Gasteiger partial charge is 0.433 e. The third kappa shape index (κ3) is 3.47. The van der Waals surface area contributed by atoms with Crippen LogP contribution in [0, 0.1) is 0 Å². The van der Waals surface area contributed by atoms with Crippen LogP contribution < -0.4 is 10.6 Å². The average Bonchev–Trinajstić information content (AvgIpc) is 2.23. The van der Waals surface area contributed by atoms with Crippen molar-refractivity contribution in [2.45, 2.75) is 26.4 Å². The van der Waals surface area contributed by atoms with Gasteiger partial charge >= 0.3 is 6.18 Å². The van der Waals surface area contributed by atoms with Crippen molar-refractivity contribution < 1.29 is 13.2 Å². The van der Waals surface area contributed by atoms with E-state index in [9.17, 15) is 13.2 Å². The molecular weight excluding hydrogens is 233 g/mol. The molecule has 0 atom stereocenters. The third-order valence-electron chi connectivity index (χ3n) is 2.22. The van der Waals surface area contributed by atoms with Crippen LogP contribution in [0.25, 0.3) is 0 Å². The van der Waals surface area contributed by atoms with Crippen LogP contribution in [0.1, 0.15) is 26.0 Å². The number of alkyl halides is 3. The summed E-state index contributed by atoms with van der Waals surface area (Å²) in [6.07, 6.45) is -3.68. The van der Waals surface area contributed by atoms with Gasteiger partial charge in [-0.15, -0.1) is 0 Å². The molecule has 0 unspecified atom stereocenters. The van der Waals surface area contributed by atoms with Gasteiger partial charge in [0.2, 0.25) is 5.95 Å². The lowest BCUT2D eigenvalue weighted by Gasteiger charge is -2.22. The van der Waals surface area contributed by atoms with Crippen molar-refractivity contribution in [3.8, 4) is 0 Å². The van der Waals surface area contributed by atoms with Crippen LogP contribution in [0.4, 0.5) is 24.9 Å². The van der Waals surface area contributed by atoms with E-state index in [0.29, 0.717) is 13.1 Å². The molecule has 0 saturated heterocycles. The molecule has 0 amide bonds. The highest BCUT2D eigenvalue weighted by Gasteiger charge is 2.33. The lowest BCUT2D eigenvalue weighted by Crippen LogP contribution is -2.26. The van der Waals surface area contributed by atoms with Crippen LogP contribution in [0.15, 0.2) is 6.07 Å². The van der Waals surface area contributed by atoms with E-state index in [4.69, 9.17) is 5.73 Å². The van der Waals surface area contributed by atoms with Gasteiger partial charge < -0.3 is 10.6 Å². The average molecular weight is 248 g/mol. The molecule has 7 heteroatoms. The summed E-state index contributed by atoms with van der Waals surface area (Å²) in [6, 6.07) is 0.926. The molecule has 0 aliphatic heterocycles. The van der Waals surface area contributed by atoms with Crippen LogP contribution in [0.3, 0.4) is 0 Å². The summed E-state index contributed by atoms with van der Waals surface area (Å²) in [5.74, 6) is -0.140. The van der Waals surface area contributed by atoms with E-state index in [1.165, 1.54) is 0 Å². The number of nitrogens with two attached hydrogens (primary N) is 1. The van der Waals surface area contributed by atoms with E-state index in [1.807, 2.05) is 13.8 Å². The van der Waals surface area contributed by atoms with Crippen LogP contribution in [-0.2, 0) is 6.18 Å². The molecule has 2 N–H and O–H groups in total. The van der Waals surface area contributed by atoms with Gasteiger partial charge in [-0.25, -0.2) is 4.98 Å². The fourth-order valence-corrected chi connectivity index (χ4v) is 1.46. The van der Waals surface area contributed by atoms with Gasteiger partial charge in [0.15, 0.2) is 5.69 Å². The van der Waals surface area contributed by atoms with Crippen LogP contribution >= 0.6 is 0 Å². The number of nitrogens with zero attached hydrogens (tertiary/aromatic N) is 3. The van der Waals surface area contributed by atoms with Gasteiger partial charge in [0, 0.05) is 19.2 Å². The normalized spacial score (nSPS) is 11.6. The lowest BCUT2D eigenvalue weighted by atomic mass is 10.3. The Morgan fingerprint density at radius 1 is 1.29 bits per heavy atom. The number of aromatic nitrogens is 2. The van der Waals surface area contributed by atoms with Crippen LogP contribution in [-0.4, -0.2) is 23.1 Å². The summed E-state index contributed by atoms with van der Waals surface area (Å²) >= 11 is 0. The molecule has 0 radical (unpaired) electrons. The van der Waals surface area contributed by atoms with E-state index in [2.05, 4.69) is 9.97 Å². The van der Waals surface area contributed by atoms with Gasteiger partial charge in [-0.1, -0.05) is 6.92 Å². The Hall–Kier alpha value is -1.53. The molecule has 0 aliphatic carbocycles. The highest BCUT2D eigenvalue weighted by Crippen LogP contribution is 2.30. The van der Waals surface area contributed by atoms with Crippen LogP contribution in [0.2, 0.25) is 0 Å². The molecule has 1 heterocycles. The number of rotatable bonds is 4. The van der Waals surface area contributed by atoms with Gasteiger partial charge in [-0.2, -0.15) is 18.2 Å². The van der Waals surface area contributed by atoms with Gasteiger partial charge in [-0.3, -0.25) is 0 Å². The van der Waals surface area contributed by atoms with Crippen molar-refractivity contribution in [3.05, 3.63) is 11.8 Å². The molecule has 0 fully saturated rings. The molecular formula is C10H15F3N4. The summed E-state index contributed by atoms with van der Waals surface area (Å²) in [5, 5.41) is 0. The second kappa shape index (κ2) is 5.20. The van der Waals surface area contributed by atoms with E-state index in [0.717, 1.165) is 12.5 Å². The third-order valence-corrected chi connectivity index (χ3v) is 2.22. The molecule has 0 spiro atoms. The number of anilines is 2. The lowest BCUT2D eigenvalue weighted by molar-refractivity contribution is -0.141. The number of hydrogen-bond acceptors (Lipinski definition) is 4. The Morgan fingerprint density at radius 2 is 1.94 bits per heavy atom. The first-order valence-electron chi connectivity index (χ1n) is 5.35. The van der Waals surface area contributed by atoms with E-state index >= 15 is 0 Å². The number of halogens is 3. The van der Waals surface area contributed by atoms with Gasteiger partial charge in [-0.05, 0) is 13.3 Å². The Kier molecular flexibility index (Phi) is 4.14. The van der Waals surface area contributed by atoms with Crippen molar-refractivity contribution in [1.29, 1.82) is 0 Å². The van der Waals surface area contributed by atoms with Crippen molar-refractivity contribution >= 4 is 11.8 Å². The Morgan fingerprint density at radius 3 is 2.41 bits per heavy atom. The first kappa shape index (κ1) is 13.5. The van der Waals surface area contributed by atoms with E-state index in [-0.39, 0.29) is 11.8 Å². The molecule has 1 aromatic rings. The molecule has 0 bridgehead atoms. The summed E-state index contributed by atoms with van der Waals surface area (Å²) in [4.78, 5) is 8.76. The second-order valence-corrected chi connectivity index (χ2v) is 3.55. The Labute approximate surface area is 97.7 Å². The molecule has 17 heavy (non-hydrogen) atoms. The fraction of sp³-hybridized carbons (Fsp3) is 0.600. The van der Waals surface area contributed by atoms with Crippen molar-refractivity contribution in [2.75, 3.05) is 23.7 Å². The minimum Gasteiger partial charge on any atom is -0.368 e. The summed E-state index contributed by atoms with van der Waals surface area (Å²) in [5.41, 5.74) is 4.29. The van der Waals surface area contributed by atoms with Gasteiger partial charge in [0.05, 0.1) is 0 Å². The zero-order valence-corrected chi connectivity index (χ0v) is 9.75. The Bertz CT molecular complexity index is 378. The minimum atomic E-state index is -4.50. The van der Waals surface area contributed by atoms with Crippen molar-refractivity contribution in [1.82, 2.24) is 9.97 Å². The molecule has 0 aliphatic rings. The minimum absolute atomic E-state index is 0.217. The topological polar surface area (TPSA) is 55.0 Å². The predicted molar refractivity (Wildman–Crippen MR) is 59.6 cm³/mol. The molecule has 96 valence electrons. The first-order valence-corrected chi connectivity index (χ1v) is 5.35. The monoisotopic (exact) mass is 248 g/mol. The van der Waals surface area contributed by atoms with Crippen molar-refractivity contribution in [2.24, 2.45) is 0 Å². The predicted octanol–water partition coefficient (Wildman–Crippen LogP) is 2.31. The van der Waals surface area contributed by atoms with E-state index < -0.39 is 11.9 Å². The zero-order chi connectivity index (χ0) is 13.1. The highest BCUT2D eigenvalue weighted by atomic mass is 19.4. The molecule has 4 nitrogen and oxygen atoms in total. The first-order chi connectivity index (χ1) is 7.88. The summed E-state index contributed by atoms with van der Waals surface area (Å²) in [7, 11) is 0. The quantitative estimate of drug-likeness (QED) is 0.888. The van der Waals surface area contributed by atoms with Crippen LogP contribution in [0.5, 0.6) is 0 Å². The second-order valence-electron chi connectivity index (χ2n) is 3.55. The van der Waals surface area contributed by atoms with Crippen molar-refractivity contribution in [3.63, 3.8) is 0 Å². The maximum atomic E-state index is 12.5. The maximum absolute atomic E-state index is 12.5.